The van der Waals surface area contributed by atoms with Gasteiger partial charge in [-0.05, 0) is 0 Å². The second-order valence-corrected chi connectivity index (χ2v) is 14.9. The Morgan fingerprint density at radius 2 is 0.739 bits per heavy atom. The second-order valence-electron chi connectivity index (χ2n) is 6.03. The quantitative estimate of drug-likeness (QED) is 0.215. The number of hydrogen-bond acceptors (Lipinski definition) is 4. The SMILES string of the molecule is CCCC[O][Nb]([CH2]C)([O]CCCC)([O]CCCC)[O]CCCC. The van der Waals surface area contributed by atoms with Crippen molar-refractivity contribution in [3.05, 3.63) is 0 Å². The third-order valence-corrected chi connectivity index (χ3v) is 13.1. The molecule has 0 aromatic rings. The Bertz CT molecular complexity index is 222. The first-order valence-electron chi connectivity index (χ1n) is 9.74. The molecule has 0 fully saturated rings. The molecule has 0 aromatic carbocycles. The summed E-state index contributed by atoms with van der Waals surface area (Å²) in [5.74, 6) is 0. The molecule has 0 rings (SSSR count). The van der Waals surface area contributed by atoms with E-state index in [0.717, 1.165) is 56.0 Å². The van der Waals surface area contributed by atoms with Crippen LogP contribution >= 0.6 is 0 Å². The van der Waals surface area contributed by atoms with E-state index >= 15 is 0 Å². The van der Waals surface area contributed by atoms with E-state index in [-0.39, 0.29) is 0 Å². The summed E-state index contributed by atoms with van der Waals surface area (Å²) in [6, 6.07) is 0. The molecule has 0 aromatic heterocycles. The van der Waals surface area contributed by atoms with Crippen LogP contribution in [0.2, 0.25) is 4.64 Å². The summed E-state index contributed by atoms with van der Waals surface area (Å²) in [7, 11) is 0. The molecule has 0 aliphatic heterocycles. The van der Waals surface area contributed by atoms with E-state index in [4.69, 9.17) is 13.0 Å². The van der Waals surface area contributed by atoms with Gasteiger partial charge in [-0.3, -0.25) is 0 Å². The maximum absolute atomic E-state index is 6.38. The van der Waals surface area contributed by atoms with Crippen molar-refractivity contribution in [2.24, 2.45) is 0 Å². The van der Waals surface area contributed by atoms with Crippen LogP contribution in [0.15, 0.2) is 0 Å². The molecule has 0 bridgehead atoms. The summed E-state index contributed by atoms with van der Waals surface area (Å²) in [5.41, 5.74) is 0. The molecule has 0 saturated heterocycles. The van der Waals surface area contributed by atoms with Crippen LogP contribution in [0.4, 0.5) is 0 Å². The van der Waals surface area contributed by atoms with E-state index < -0.39 is 17.4 Å². The Morgan fingerprint density at radius 3 is 0.913 bits per heavy atom. The van der Waals surface area contributed by atoms with Gasteiger partial charge in [0.2, 0.25) is 0 Å². The van der Waals surface area contributed by atoms with Gasteiger partial charge in [0.1, 0.15) is 0 Å². The van der Waals surface area contributed by atoms with Gasteiger partial charge in [-0.2, -0.15) is 0 Å². The van der Waals surface area contributed by atoms with E-state index in [0.29, 0.717) is 26.4 Å². The fourth-order valence-electron chi connectivity index (χ4n) is 2.13. The number of hydrogen-bond donors (Lipinski definition) is 0. The van der Waals surface area contributed by atoms with Crippen molar-refractivity contribution in [3.63, 3.8) is 0 Å². The van der Waals surface area contributed by atoms with Gasteiger partial charge >= 0.3 is 147 Å². The van der Waals surface area contributed by atoms with Crippen LogP contribution in [0.5, 0.6) is 0 Å². The Labute approximate surface area is 147 Å². The molecule has 0 aliphatic rings. The van der Waals surface area contributed by atoms with E-state index in [1.165, 1.54) is 0 Å². The molecule has 0 radical (unpaired) electrons. The van der Waals surface area contributed by atoms with Crippen LogP contribution < -0.4 is 0 Å². The van der Waals surface area contributed by atoms with Gasteiger partial charge in [0.05, 0.1) is 0 Å². The minimum absolute atomic E-state index is 0.677. The summed E-state index contributed by atoms with van der Waals surface area (Å²) >= 11 is -4.40. The van der Waals surface area contributed by atoms with Crippen LogP contribution in [0.25, 0.3) is 0 Å². The van der Waals surface area contributed by atoms with Crippen molar-refractivity contribution in [2.75, 3.05) is 26.4 Å². The predicted octanol–water partition coefficient (Wildman–Crippen LogP) is 6.04. The van der Waals surface area contributed by atoms with Crippen LogP contribution in [-0.2, 0) is 30.4 Å². The van der Waals surface area contributed by atoms with E-state index in [1.807, 2.05) is 0 Å². The van der Waals surface area contributed by atoms with E-state index in [9.17, 15) is 0 Å². The molecule has 0 saturated carbocycles. The summed E-state index contributed by atoms with van der Waals surface area (Å²) in [5, 5.41) is 0. The molecule has 0 amide bonds. The van der Waals surface area contributed by atoms with Crippen molar-refractivity contribution in [2.45, 2.75) is 90.6 Å². The Hall–Kier alpha value is 0.580. The average molecular weight is 414 g/mol. The predicted molar refractivity (Wildman–Crippen MR) is 93.9 cm³/mol. The zero-order chi connectivity index (χ0) is 17.5. The molecule has 0 aliphatic carbocycles. The molecular formula is C18H41NbO4. The minimum atomic E-state index is -4.40. The van der Waals surface area contributed by atoms with Crippen molar-refractivity contribution in [3.8, 4) is 0 Å². The molecule has 142 valence electrons. The zero-order valence-corrected chi connectivity index (χ0v) is 18.5. The Kier molecular flexibility index (Phi) is 14.2. The van der Waals surface area contributed by atoms with Crippen LogP contribution in [-0.4, -0.2) is 26.4 Å². The van der Waals surface area contributed by atoms with Crippen molar-refractivity contribution < 1.29 is 30.4 Å². The molecule has 0 unspecified atom stereocenters. The third kappa shape index (κ3) is 9.01. The van der Waals surface area contributed by atoms with E-state index in [2.05, 4.69) is 34.6 Å². The number of unbranched alkanes of at least 4 members (excludes halogenated alkanes) is 4. The van der Waals surface area contributed by atoms with Gasteiger partial charge in [-0.25, -0.2) is 0 Å². The van der Waals surface area contributed by atoms with Crippen LogP contribution in [0, 0.1) is 0 Å². The maximum atomic E-state index is 6.38. The van der Waals surface area contributed by atoms with Gasteiger partial charge in [0.15, 0.2) is 0 Å². The molecule has 0 atom stereocenters. The van der Waals surface area contributed by atoms with Crippen molar-refractivity contribution >= 4 is 0 Å². The zero-order valence-electron chi connectivity index (χ0n) is 16.3. The molecular weight excluding hydrogens is 373 g/mol. The summed E-state index contributed by atoms with van der Waals surface area (Å²) < 4.78 is 26.3. The first kappa shape index (κ1) is 23.6. The fourth-order valence-corrected chi connectivity index (χ4v) is 9.76. The third-order valence-electron chi connectivity index (χ3n) is 3.87. The first-order chi connectivity index (χ1) is 11.1. The summed E-state index contributed by atoms with van der Waals surface area (Å²) in [6.07, 6.45) is 8.50. The normalized spacial score (nSPS) is 13.9. The summed E-state index contributed by atoms with van der Waals surface area (Å²) in [6.45, 7) is 13.5. The first-order valence-corrected chi connectivity index (χ1v) is 14.9. The molecule has 0 spiro atoms. The van der Waals surface area contributed by atoms with Crippen molar-refractivity contribution in [1.29, 1.82) is 0 Å². The Morgan fingerprint density at radius 1 is 0.478 bits per heavy atom. The van der Waals surface area contributed by atoms with Crippen LogP contribution in [0.3, 0.4) is 0 Å². The average Bonchev–Trinajstić information content (AvgIpc) is 2.56. The van der Waals surface area contributed by atoms with Gasteiger partial charge in [0.25, 0.3) is 0 Å². The standard InChI is InChI=1S/4C4H9O.C2H5.Nb/c4*1-2-3-4-5;1-2;/h4*2-4H2,1H3;1H2,2H3;/q4*-1;;+4. The van der Waals surface area contributed by atoms with E-state index in [1.54, 1.807) is 0 Å². The van der Waals surface area contributed by atoms with Gasteiger partial charge in [0, 0.05) is 0 Å². The molecule has 23 heavy (non-hydrogen) atoms. The van der Waals surface area contributed by atoms with Crippen molar-refractivity contribution in [1.82, 2.24) is 0 Å². The Balaban J connectivity index is 5.16. The van der Waals surface area contributed by atoms with Gasteiger partial charge < -0.3 is 0 Å². The molecule has 5 heteroatoms. The van der Waals surface area contributed by atoms with Gasteiger partial charge in [-0.15, -0.1) is 0 Å². The molecule has 4 nitrogen and oxygen atoms in total. The topological polar surface area (TPSA) is 36.9 Å². The monoisotopic (exact) mass is 414 g/mol. The van der Waals surface area contributed by atoms with Crippen LogP contribution in [0.1, 0.15) is 86.0 Å². The molecule has 0 heterocycles. The second kappa shape index (κ2) is 13.8. The molecule has 0 N–H and O–H groups in total. The summed E-state index contributed by atoms with van der Waals surface area (Å²) in [4.78, 5) is 0. The number of rotatable bonds is 17. The fraction of sp³-hybridized carbons (Fsp3) is 1.00. The van der Waals surface area contributed by atoms with Gasteiger partial charge in [-0.1, -0.05) is 0 Å².